The van der Waals surface area contributed by atoms with Crippen molar-refractivity contribution in [3.05, 3.63) is 34.3 Å². The van der Waals surface area contributed by atoms with Crippen molar-refractivity contribution in [3.63, 3.8) is 0 Å². The maximum Gasteiger partial charge on any atom is 0.243 e. The van der Waals surface area contributed by atoms with E-state index < -0.39 is 0 Å². The first kappa shape index (κ1) is 23.1. The molecule has 0 aliphatic carbocycles. The van der Waals surface area contributed by atoms with Crippen LogP contribution in [0.15, 0.2) is 33.7 Å². The average molecular weight is 513 g/mol. The van der Waals surface area contributed by atoms with Crippen LogP contribution in [0.25, 0.3) is 0 Å². The van der Waals surface area contributed by atoms with Gasteiger partial charge in [0, 0.05) is 32.2 Å². The number of carbonyl (C=O) groups excluding carboxylic acids is 1. The second kappa shape index (κ2) is 12.5. The number of halogens is 2. The van der Waals surface area contributed by atoms with Crippen LogP contribution in [0.5, 0.6) is 0 Å². The Morgan fingerprint density at radius 1 is 1.38 bits per heavy atom. The van der Waals surface area contributed by atoms with E-state index in [0.717, 1.165) is 10.0 Å². The summed E-state index contributed by atoms with van der Waals surface area (Å²) in [6.07, 6.45) is 0. The molecule has 0 radical (unpaired) electrons. The molecular weight excluding hydrogens is 487 g/mol. The second-order valence-electron chi connectivity index (χ2n) is 5.26. The summed E-state index contributed by atoms with van der Waals surface area (Å²) in [4.78, 5) is 17.6. The van der Waals surface area contributed by atoms with E-state index in [1.165, 1.54) is 4.90 Å². The minimum Gasteiger partial charge on any atom is -0.383 e. The maximum absolute atomic E-state index is 11.7. The summed E-state index contributed by atoms with van der Waals surface area (Å²) < 4.78 is 6.07. The van der Waals surface area contributed by atoms with Crippen molar-refractivity contribution in [3.8, 4) is 0 Å². The third-order valence-electron chi connectivity index (χ3n) is 3.19. The fourth-order valence-corrected chi connectivity index (χ4v) is 2.45. The van der Waals surface area contributed by atoms with Crippen LogP contribution in [-0.2, 0) is 9.53 Å². The predicted octanol–water partition coefficient (Wildman–Crippen LogP) is 2.40. The molecular formula is C16H26BrIN4O2. The number of carbonyl (C=O) groups is 1. The van der Waals surface area contributed by atoms with E-state index in [0.29, 0.717) is 19.1 Å². The lowest BCUT2D eigenvalue weighted by Gasteiger charge is -2.20. The van der Waals surface area contributed by atoms with Gasteiger partial charge in [0.15, 0.2) is 5.96 Å². The van der Waals surface area contributed by atoms with Gasteiger partial charge in [-0.15, -0.1) is 24.0 Å². The molecule has 1 aromatic carbocycles. The minimum absolute atomic E-state index is 0. The van der Waals surface area contributed by atoms with Crippen LogP contribution in [0.4, 0.5) is 0 Å². The van der Waals surface area contributed by atoms with Crippen LogP contribution in [0.3, 0.4) is 0 Å². The second-order valence-corrected chi connectivity index (χ2v) is 6.11. The van der Waals surface area contributed by atoms with Crippen LogP contribution >= 0.6 is 39.9 Å². The molecule has 0 fully saturated rings. The van der Waals surface area contributed by atoms with Gasteiger partial charge in [-0.1, -0.05) is 34.1 Å². The summed E-state index contributed by atoms with van der Waals surface area (Å²) in [7, 11) is 5.07. The number of amides is 1. The van der Waals surface area contributed by atoms with Crippen LogP contribution in [-0.4, -0.2) is 57.7 Å². The van der Waals surface area contributed by atoms with Gasteiger partial charge >= 0.3 is 0 Å². The molecule has 0 bridgehead atoms. The van der Waals surface area contributed by atoms with E-state index in [1.807, 2.05) is 31.2 Å². The lowest BCUT2D eigenvalue weighted by Crippen LogP contribution is -2.41. The summed E-state index contributed by atoms with van der Waals surface area (Å²) in [6, 6.07) is 8.04. The molecule has 0 aromatic heterocycles. The van der Waals surface area contributed by atoms with E-state index in [2.05, 4.69) is 31.6 Å². The van der Waals surface area contributed by atoms with Crippen LogP contribution < -0.4 is 10.6 Å². The third kappa shape index (κ3) is 8.29. The molecule has 6 nitrogen and oxygen atoms in total. The van der Waals surface area contributed by atoms with Crippen molar-refractivity contribution in [2.75, 3.05) is 40.9 Å². The number of guanidine groups is 1. The number of likely N-dealkylation sites (N-methyl/N-ethyl adjacent to an activating group) is 1. The van der Waals surface area contributed by atoms with Crippen molar-refractivity contribution in [1.82, 2.24) is 15.5 Å². The third-order valence-corrected chi connectivity index (χ3v) is 3.92. The summed E-state index contributed by atoms with van der Waals surface area (Å²) >= 11 is 3.55. The largest absolute Gasteiger partial charge is 0.383 e. The fraction of sp³-hybridized carbons (Fsp3) is 0.500. The van der Waals surface area contributed by atoms with Gasteiger partial charge in [0.25, 0.3) is 0 Å². The summed E-state index contributed by atoms with van der Waals surface area (Å²) in [5, 5.41) is 6.47. The lowest BCUT2D eigenvalue weighted by atomic mass is 10.1. The van der Waals surface area contributed by atoms with Crippen molar-refractivity contribution >= 4 is 51.8 Å². The quantitative estimate of drug-likeness (QED) is 0.255. The molecule has 8 heteroatoms. The molecule has 1 unspecified atom stereocenters. The van der Waals surface area contributed by atoms with Crippen molar-refractivity contribution in [2.45, 2.75) is 13.0 Å². The molecule has 1 aromatic rings. The molecule has 24 heavy (non-hydrogen) atoms. The number of rotatable bonds is 7. The van der Waals surface area contributed by atoms with Gasteiger partial charge in [-0.25, -0.2) is 4.99 Å². The normalized spacial score (nSPS) is 12.1. The number of methoxy groups -OCH3 is 1. The van der Waals surface area contributed by atoms with E-state index >= 15 is 0 Å². The number of nitrogens with zero attached hydrogens (tertiary/aromatic N) is 2. The Morgan fingerprint density at radius 3 is 2.62 bits per heavy atom. The number of benzene rings is 1. The first-order valence-electron chi connectivity index (χ1n) is 7.44. The highest BCUT2D eigenvalue weighted by Gasteiger charge is 2.11. The Bertz CT molecular complexity index is 541. The number of nitrogens with one attached hydrogen (secondary N) is 2. The zero-order valence-electron chi connectivity index (χ0n) is 14.5. The first-order valence-corrected chi connectivity index (χ1v) is 8.23. The maximum atomic E-state index is 11.7. The molecule has 0 saturated heterocycles. The van der Waals surface area contributed by atoms with Gasteiger partial charge in [-0.3, -0.25) is 4.79 Å². The van der Waals surface area contributed by atoms with Crippen molar-refractivity contribution in [1.29, 1.82) is 0 Å². The van der Waals surface area contributed by atoms with Gasteiger partial charge in [-0.05, 0) is 18.6 Å². The van der Waals surface area contributed by atoms with Gasteiger partial charge in [0.1, 0.15) is 6.54 Å². The van der Waals surface area contributed by atoms with Gasteiger partial charge in [0.05, 0.1) is 12.6 Å². The molecule has 0 spiro atoms. The van der Waals surface area contributed by atoms with E-state index in [-0.39, 0.29) is 42.5 Å². The topological polar surface area (TPSA) is 66.0 Å². The summed E-state index contributed by atoms with van der Waals surface area (Å²) in [5.41, 5.74) is 1.12. The van der Waals surface area contributed by atoms with Crippen LogP contribution in [0, 0.1) is 0 Å². The molecule has 1 rings (SSSR count). The van der Waals surface area contributed by atoms with Gasteiger partial charge in [-0.2, -0.15) is 0 Å². The van der Waals surface area contributed by atoms with E-state index in [1.54, 1.807) is 21.2 Å². The zero-order chi connectivity index (χ0) is 17.2. The van der Waals surface area contributed by atoms with Crippen LogP contribution in [0.2, 0.25) is 0 Å². The molecule has 1 amide bonds. The number of ether oxygens (including phenoxy) is 1. The molecule has 136 valence electrons. The highest BCUT2D eigenvalue weighted by molar-refractivity contribution is 14.0. The first-order chi connectivity index (χ1) is 11.0. The monoisotopic (exact) mass is 512 g/mol. The highest BCUT2D eigenvalue weighted by atomic mass is 127. The summed E-state index contributed by atoms with van der Waals surface area (Å²) in [5.74, 6) is 0.534. The van der Waals surface area contributed by atoms with E-state index in [9.17, 15) is 4.79 Å². The Kier molecular flexibility index (Phi) is 12.0. The summed E-state index contributed by atoms with van der Waals surface area (Å²) in [6.45, 7) is 3.31. The molecule has 0 aliphatic rings. The molecule has 2 N–H and O–H groups in total. The highest BCUT2D eigenvalue weighted by Crippen LogP contribution is 2.22. The van der Waals surface area contributed by atoms with Crippen LogP contribution in [0.1, 0.15) is 18.5 Å². The smallest absolute Gasteiger partial charge is 0.243 e. The Labute approximate surface area is 169 Å². The SMILES string of the molecule is COCCNC(=NCC(=O)N(C)C)NC(C)c1ccccc1Br.I. The number of hydrogen-bond acceptors (Lipinski definition) is 3. The Morgan fingerprint density at radius 2 is 2.04 bits per heavy atom. The van der Waals surface area contributed by atoms with E-state index in [4.69, 9.17) is 4.74 Å². The average Bonchev–Trinajstić information content (AvgIpc) is 2.52. The van der Waals surface area contributed by atoms with Gasteiger partial charge in [0.2, 0.25) is 5.91 Å². The molecule has 1 atom stereocenters. The van der Waals surface area contributed by atoms with Gasteiger partial charge < -0.3 is 20.3 Å². The Balaban J connectivity index is 0.00000529. The van der Waals surface area contributed by atoms with Crippen molar-refractivity contribution < 1.29 is 9.53 Å². The molecule has 0 saturated carbocycles. The number of aliphatic imine (C=N–C) groups is 1. The minimum atomic E-state index is -0.0496. The molecule has 0 aliphatic heterocycles. The van der Waals surface area contributed by atoms with Crippen molar-refractivity contribution in [2.24, 2.45) is 4.99 Å². The number of hydrogen-bond donors (Lipinski definition) is 2. The molecule has 0 heterocycles. The Hall–Kier alpha value is -0.870. The predicted molar refractivity (Wildman–Crippen MR) is 112 cm³/mol. The fourth-order valence-electron chi connectivity index (χ4n) is 1.82. The zero-order valence-corrected chi connectivity index (χ0v) is 18.4. The lowest BCUT2D eigenvalue weighted by molar-refractivity contribution is -0.127. The standard InChI is InChI=1S/C16H25BrN4O2.HI/c1-12(13-7-5-6-8-14(13)17)20-16(18-9-10-23-4)19-11-15(22)21(2)3;/h5-8,12H,9-11H2,1-4H3,(H2,18,19,20);1H.